The van der Waals surface area contributed by atoms with Gasteiger partial charge in [0.2, 0.25) is 0 Å². The van der Waals surface area contributed by atoms with Gasteiger partial charge in [0.15, 0.2) is 5.11 Å². The van der Waals surface area contributed by atoms with E-state index < -0.39 is 5.97 Å². The number of carboxylic acid groups (broad SMARTS) is 1. The summed E-state index contributed by atoms with van der Waals surface area (Å²) in [6, 6.07) is 23.3. The maximum absolute atomic E-state index is 11.7. The number of aromatic carboxylic acids is 1. The van der Waals surface area contributed by atoms with E-state index in [1.54, 1.807) is 24.4 Å². The van der Waals surface area contributed by atoms with E-state index in [-0.39, 0.29) is 17.6 Å². The molecule has 0 radical (unpaired) electrons. The van der Waals surface area contributed by atoms with Crippen LogP contribution < -0.4 is 15.1 Å². The van der Waals surface area contributed by atoms with Crippen molar-refractivity contribution >= 4 is 34.7 Å². The monoisotopic (exact) mass is 553 g/mol. The molecule has 4 heterocycles. The smallest absolute Gasteiger partial charge is 0.335 e. The molecule has 2 fully saturated rings. The molecular weight excluding hydrogens is 522 g/mol. The predicted molar refractivity (Wildman–Crippen MR) is 160 cm³/mol. The van der Waals surface area contributed by atoms with Crippen molar-refractivity contribution in [1.29, 1.82) is 0 Å². The Kier molecular flexibility index (Phi) is 7.00. The second-order valence-electron chi connectivity index (χ2n) is 10.1. The average molecular weight is 554 g/mol. The van der Waals surface area contributed by atoms with Crippen LogP contribution in [0.5, 0.6) is 0 Å². The molecule has 2 atom stereocenters. The molecule has 2 N–H and O–H groups in total. The highest BCUT2D eigenvalue weighted by molar-refractivity contribution is 7.80. The number of hydrogen-bond donors (Lipinski definition) is 2. The van der Waals surface area contributed by atoms with Crippen molar-refractivity contribution in [2.24, 2.45) is 0 Å². The number of nitrogens with one attached hydrogen (secondary N) is 1. The van der Waals surface area contributed by atoms with Crippen molar-refractivity contribution in [2.75, 3.05) is 36.1 Å². The summed E-state index contributed by atoms with van der Waals surface area (Å²) in [5, 5.41) is 13.8. The zero-order valence-electron chi connectivity index (χ0n) is 22.4. The molecule has 204 valence electrons. The van der Waals surface area contributed by atoms with Crippen LogP contribution in [0.2, 0.25) is 0 Å². The second-order valence-corrected chi connectivity index (χ2v) is 10.5. The average Bonchev–Trinajstić information content (AvgIpc) is 3.48. The molecule has 4 aromatic rings. The number of hydrogen-bond acceptors (Lipinski definition) is 5. The molecule has 2 aromatic heterocycles. The van der Waals surface area contributed by atoms with Crippen LogP contribution >= 0.6 is 12.2 Å². The van der Waals surface area contributed by atoms with E-state index in [2.05, 4.69) is 61.9 Å². The van der Waals surface area contributed by atoms with Gasteiger partial charge in [0, 0.05) is 47.7 Å². The van der Waals surface area contributed by atoms with Crippen LogP contribution in [0.1, 0.15) is 45.1 Å². The van der Waals surface area contributed by atoms with E-state index in [1.807, 2.05) is 31.2 Å². The minimum absolute atomic E-state index is 0.167. The first-order valence-electron chi connectivity index (χ1n) is 13.4. The first kappa shape index (κ1) is 26.0. The van der Waals surface area contributed by atoms with E-state index in [0.717, 1.165) is 60.3 Å². The first-order chi connectivity index (χ1) is 19.4. The van der Waals surface area contributed by atoms with Gasteiger partial charge in [0.05, 0.1) is 36.6 Å². The number of anilines is 2. The molecule has 8 nitrogen and oxygen atoms in total. The van der Waals surface area contributed by atoms with Crippen LogP contribution in [0, 0.1) is 13.8 Å². The van der Waals surface area contributed by atoms with Gasteiger partial charge in [-0.3, -0.25) is 4.98 Å². The molecule has 2 aromatic carbocycles. The van der Waals surface area contributed by atoms with Gasteiger partial charge < -0.3 is 29.5 Å². The topological polar surface area (TPSA) is 82.9 Å². The maximum Gasteiger partial charge on any atom is 0.335 e. The Hall–Kier alpha value is -4.21. The Morgan fingerprint density at radius 3 is 2.42 bits per heavy atom. The first-order valence-corrected chi connectivity index (χ1v) is 13.8. The molecule has 2 aliphatic heterocycles. The normalized spacial score (nSPS) is 19.1. The lowest BCUT2D eigenvalue weighted by Crippen LogP contribution is -2.36. The van der Waals surface area contributed by atoms with Gasteiger partial charge in [-0.05, 0) is 92.3 Å². The molecular formula is C31H31N5O3S. The molecule has 9 heteroatoms. The predicted octanol–water partition coefficient (Wildman–Crippen LogP) is 5.20. The molecule has 0 saturated carbocycles. The van der Waals surface area contributed by atoms with Gasteiger partial charge in [-0.1, -0.05) is 12.1 Å². The van der Waals surface area contributed by atoms with Crippen molar-refractivity contribution in [2.45, 2.75) is 25.9 Å². The van der Waals surface area contributed by atoms with Crippen molar-refractivity contribution in [3.63, 3.8) is 0 Å². The van der Waals surface area contributed by atoms with Crippen LogP contribution in [-0.4, -0.2) is 52.0 Å². The molecule has 0 spiro atoms. The zero-order valence-corrected chi connectivity index (χ0v) is 23.3. The number of benzene rings is 2. The number of carbonyl (C=O) groups is 1. The Morgan fingerprint density at radius 1 is 0.975 bits per heavy atom. The zero-order chi connectivity index (χ0) is 27.8. The summed E-state index contributed by atoms with van der Waals surface area (Å²) < 4.78 is 7.63. The van der Waals surface area contributed by atoms with E-state index in [9.17, 15) is 9.90 Å². The van der Waals surface area contributed by atoms with Crippen LogP contribution in [0.25, 0.3) is 5.69 Å². The summed E-state index contributed by atoms with van der Waals surface area (Å²) in [6.45, 7) is 7.35. The SMILES string of the molecule is Cc1cc([C@H]2[C@H](c3ccccn3)NC(=S)N2c2ccc(N3CCOCC3)cc2)c(C)n1-c1cccc(C(=O)O)c1. The third kappa shape index (κ3) is 4.71. The standard InChI is InChI=1S/C31H31N5O3S/c1-20-18-26(21(2)35(20)25-7-5-6-22(19-25)30(37)38)29-28(27-8-3-4-13-32-27)33-31(40)36(29)24-11-9-23(10-12-24)34-14-16-39-17-15-34/h3-13,18-19,28-29H,14-17H2,1-2H3,(H,33,40)(H,37,38)/t28-,29-/m0/s1. The largest absolute Gasteiger partial charge is 0.478 e. The van der Waals surface area contributed by atoms with Crippen LogP contribution in [0.4, 0.5) is 11.4 Å². The Morgan fingerprint density at radius 2 is 1.73 bits per heavy atom. The van der Waals surface area contributed by atoms with Crippen molar-refractivity contribution < 1.29 is 14.6 Å². The number of ether oxygens (including phenoxy) is 1. The Bertz CT molecular complexity index is 1550. The minimum Gasteiger partial charge on any atom is -0.478 e. The lowest BCUT2D eigenvalue weighted by Gasteiger charge is -2.31. The lowest BCUT2D eigenvalue weighted by atomic mass is 9.96. The quantitative estimate of drug-likeness (QED) is 0.315. The van der Waals surface area contributed by atoms with Crippen molar-refractivity contribution in [3.05, 3.63) is 107 Å². The number of pyridine rings is 1. The van der Waals surface area contributed by atoms with E-state index in [0.29, 0.717) is 5.11 Å². The highest BCUT2D eigenvalue weighted by Crippen LogP contribution is 2.44. The molecule has 0 bridgehead atoms. The fraction of sp³-hybridized carbons (Fsp3) is 0.258. The third-order valence-corrected chi connectivity index (χ3v) is 8.06. The van der Waals surface area contributed by atoms with Crippen molar-refractivity contribution in [3.8, 4) is 5.69 Å². The summed E-state index contributed by atoms with van der Waals surface area (Å²) in [4.78, 5) is 20.9. The van der Waals surface area contributed by atoms with Crippen molar-refractivity contribution in [1.82, 2.24) is 14.9 Å². The van der Waals surface area contributed by atoms with Gasteiger partial charge in [-0.2, -0.15) is 0 Å². The Balaban J connectivity index is 1.44. The number of morpholine rings is 1. The maximum atomic E-state index is 11.7. The van der Waals surface area contributed by atoms with Gasteiger partial charge >= 0.3 is 5.97 Å². The van der Waals surface area contributed by atoms with Gasteiger partial charge in [0.1, 0.15) is 0 Å². The third-order valence-electron chi connectivity index (χ3n) is 7.74. The lowest BCUT2D eigenvalue weighted by molar-refractivity contribution is 0.0697. The summed E-state index contributed by atoms with van der Waals surface area (Å²) in [5.41, 5.74) is 7.25. The van der Waals surface area contributed by atoms with E-state index in [4.69, 9.17) is 17.0 Å². The number of aryl methyl sites for hydroxylation is 1. The van der Waals surface area contributed by atoms with Crippen LogP contribution in [0.15, 0.2) is 79.0 Å². The van der Waals surface area contributed by atoms with E-state index in [1.165, 1.54) is 5.69 Å². The summed E-state index contributed by atoms with van der Waals surface area (Å²) in [6.07, 6.45) is 1.80. The number of thiocarbonyl (C=S) groups is 1. The number of aromatic nitrogens is 2. The van der Waals surface area contributed by atoms with E-state index >= 15 is 0 Å². The molecule has 0 unspecified atom stereocenters. The van der Waals surface area contributed by atoms with Gasteiger partial charge in [-0.25, -0.2) is 4.79 Å². The van der Waals surface area contributed by atoms with Gasteiger partial charge in [0.25, 0.3) is 0 Å². The number of carboxylic acids is 1. The molecule has 0 amide bonds. The van der Waals surface area contributed by atoms with Crippen LogP contribution in [0.3, 0.4) is 0 Å². The highest BCUT2D eigenvalue weighted by Gasteiger charge is 2.42. The molecule has 40 heavy (non-hydrogen) atoms. The Labute approximate surface area is 238 Å². The second kappa shape index (κ2) is 10.7. The minimum atomic E-state index is -0.947. The summed E-state index contributed by atoms with van der Waals surface area (Å²) in [5.74, 6) is -0.947. The fourth-order valence-corrected chi connectivity index (χ4v) is 6.20. The van der Waals surface area contributed by atoms with Gasteiger partial charge in [-0.15, -0.1) is 0 Å². The number of rotatable bonds is 6. The molecule has 2 aliphatic rings. The fourth-order valence-electron chi connectivity index (χ4n) is 5.86. The molecule has 0 aliphatic carbocycles. The summed E-state index contributed by atoms with van der Waals surface area (Å²) >= 11 is 5.94. The highest BCUT2D eigenvalue weighted by atomic mass is 32.1. The van der Waals surface area contributed by atoms with Crippen LogP contribution in [-0.2, 0) is 4.74 Å². The molecule has 2 saturated heterocycles. The number of nitrogens with zero attached hydrogens (tertiary/aromatic N) is 4. The molecule has 6 rings (SSSR count). The summed E-state index contributed by atoms with van der Waals surface area (Å²) in [7, 11) is 0.